The number of hydrogen-bond donors (Lipinski definition) is 1. The summed E-state index contributed by atoms with van der Waals surface area (Å²) in [5.41, 5.74) is 2.32. The number of nitrogens with one attached hydrogen (secondary N) is 1. The summed E-state index contributed by atoms with van der Waals surface area (Å²) in [6.45, 7) is 6.49. The molecule has 0 spiro atoms. The molecule has 1 aromatic carbocycles. The van der Waals surface area contributed by atoms with Crippen LogP contribution in [-0.4, -0.2) is 7.05 Å². The van der Waals surface area contributed by atoms with E-state index in [4.69, 9.17) is 4.42 Å². The molecule has 1 atom stereocenters. The third-order valence-electron chi connectivity index (χ3n) is 3.08. The van der Waals surface area contributed by atoms with E-state index in [2.05, 4.69) is 50.4 Å². The molecule has 0 aliphatic rings. The van der Waals surface area contributed by atoms with Crippen LogP contribution in [0.5, 0.6) is 0 Å². The van der Waals surface area contributed by atoms with Gasteiger partial charge in [-0.05, 0) is 31.5 Å². The summed E-state index contributed by atoms with van der Waals surface area (Å²) < 4.78 is 5.95. The minimum atomic E-state index is 0.257. The first-order chi connectivity index (χ1) is 7.63. The average Bonchev–Trinajstić information content (AvgIpc) is 2.70. The van der Waals surface area contributed by atoms with E-state index in [1.807, 2.05) is 7.05 Å². The van der Waals surface area contributed by atoms with E-state index >= 15 is 0 Å². The van der Waals surface area contributed by atoms with Gasteiger partial charge < -0.3 is 9.73 Å². The molecule has 0 saturated carbocycles. The van der Waals surface area contributed by atoms with Crippen LogP contribution in [0, 0.1) is 0 Å². The molecule has 86 valence electrons. The Morgan fingerprint density at radius 1 is 1.19 bits per heavy atom. The predicted octanol–water partition coefficient (Wildman–Crippen LogP) is 3.84. The van der Waals surface area contributed by atoms with Crippen molar-refractivity contribution in [2.24, 2.45) is 0 Å². The van der Waals surface area contributed by atoms with Crippen LogP contribution < -0.4 is 5.32 Å². The molecule has 1 aromatic heterocycles. The van der Waals surface area contributed by atoms with Gasteiger partial charge in [-0.15, -0.1) is 0 Å². The highest BCUT2D eigenvalue weighted by Gasteiger charge is 2.13. The lowest BCUT2D eigenvalue weighted by atomic mass is 10.0. The molecular formula is C14H19NO. The third kappa shape index (κ3) is 1.85. The van der Waals surface area contributed by atoms with Gasteiger partial charge in [0.15, 0.2) is 0 Å². The van der Waals surface area contributed by atoms with Crippen LogP contribution in [-0.2, 0) is 0 Å². The number of rotatable bonds is 3. The molecule has 0 aliphatic carbocycles. The van der Waals surface area contributed by atoms with Crippen LogP contribution in [0.25, 0.3) is 11.0 Å². The van der Waals surface area contributed by atoms with Gasteiger partial charge in [0.25, 0.3) is 0 Å². The molecule has 0 radical (unpaired) electrons. The van der Waals surface area contributed by atoms with Crippen molar-refractivity contribution in [2.45, 2.75) is 32.7 Å². The Morgan fingerprint density at radius 3 is 2.56 bits per heavy atom. The lowest BCUT2D eigenvalue weighted by Gasteiger charge is -2.06. The van der Waals surface area contributed by atoms with Crippen molar-refractivity contribution in [2.75, 3.05) is 7.05 Å². The summed E-state index contributed by atoms with van der Waals surface area (Å²) in [4.78, 5) is 0. The molecule has 0 fully saturated rings. The molecule has 2 heteroatoms. The van der Waals surface area contributed by atoms with Crippen LogP contribution in [0.1, 0.15) is 44.1 Å². The zero-order valence-corrected chi connectivity index (χ0v) is 10.4. The van der Waals surface area contributed by atoms with E-state index in [-0.39, 0.29) is 6.04 Å². The van der Waals surface area contributed by atoms with E-state index in [0.29, 0.717) is 5.92 Å². The maximum atomic E-state index is 5.95. The highest BCUT2D eigenvalue weighted by atomic mass is 16.3. The normalized spacial score (nSPS) is 13.6. The van der Waals surface area contributed by atoms with E-state index in [1.165, 1.54) is 10.9 Å². The zero-order valence-electron chi connectivity index (χ0n) is 10.4. The van der Waals surface area contributed by atoms with Crippen LogP contribution in [0.15, 0.2) is 28.7 Å². The zero-order chi connectivity index (χ0) is 11.7. The molecule has 16 heavy (non-hydrogen) atoms. The first-order valence-electron chi connectivity index (χ1n) is 5.83. The van der Waals surface area contributed by atoms with Crippen LogP contribution in [0.3, 0.4) is 0 Å². The van der Waals surface area contributed by atoms with Crippen LogP contribution in [0.2, 0.25) is 0 Å². The van der Waals surface area contributed by atoms with Gasteiger partial charge in [-0.1, -0.05) is 32.0 Å². The van der Waals surface area contributed by atoms with Gasteiger partial charge in [-0.2, -0.15) is 0 Å². The number of benzene rings is 1. The molecule has 1 N–H and O–H groups in total. The molecule has 0 bridgehead atoms. The van der Waals surface area contributed by atoms with Gasteiger partial charge in [0.2, 0.25) is 0 Å². The highest BCUT2D eigenvalue weighted by Crippen LogP contribution is 2.30. The monoisotopic (exact) mass is 217 g/mol. The lowest BCUT2D eigenvalue weighted by Crippen LogP contribution is -2.10. The first kappa shape index (κ1) is 11.2. The van der Waals surface area contributed by atoms with Gasteiger partial charge in [0.05, 0.1) is 6.04 Å². The van der Waals surface area contributed by atoms with E-state index in [9.17, 15) is 0 Å². The van der Waals surface area contributed by atoms with Crippen LogP contribution in [0.4, 0.5) is 0 Å². The second kappa shape index (κ2) is 4.30. The number of para-hydroxylation sites is 1. The Morgan fingerprint density at radius 2 is 1.94 bits per heavy atom. The van der Waals surface area contributed by atoms with Crippen molar-refractivity contribution in [3.63, 3.8) is 0 Å². The second-order valence-corrected chi connectivity index (χ2v) is 4.58. The maximum Gasteiger partial charge on any atom is 0.137 e. The second-order valence-electron chi connectivity index (χ2n) is 4.58. The summed E-state index contributed by atoms with van der Waals surface area (Å²) in [7, 11) is 1.95. The minimum Gasteiger partial charge on any atom is -0.459 e. The molecule has 2 nitrogen and oxygen atoms in total. The third-order valence-corrected chi connectivity index (χ3v) is 3.08. The Bertz CT molecular complexity index is 484. The van der Waals surface area contributed by atoms with Gasteiger partial charge in [-0.3, -0.25) is 0 Å². The van der Waals surface area contributed by atoms with Crippen molar-refractivity contribution in [1.29, 1.82) is 0 Å². The fraction of sp³-hybridized carbons (Fsp3) is 0.429. The van der Waals surface area contributed by atoms with E-state index in [0.717, 1.165) is 11.3 Å². The summed E-state index contributed by atoms with van der Waals surface area (Å²) >= 11 is 0. The quantitative estimate of drug-likeness (QED) is 0.845. The first-order valence-corrected chi connectivity index (χ1v) is 5.83. The molecule has 0 saturated heterocycles. The Balaban J connectivity index is 2.56. The fourth-order valence-electron chi connectivity index (χ4n) is 1.92. The SMILES string of the molecule is CNC(C)c1cc2cccc(C(C)C)c2o1. The van der Waals surface area contributed by atoms with Crippen molar-refractivity contribution in [3.05, 3.63) is 35.6 Å². The van der Waals surface area contributed by atoms with Crippen molar-refractivity contribution in [3.8, 4) is 0 Å². The van der Waals surface area contributed by atoms with Gasteiger partial charge in [0, 0.05) is 5.39 Å². The molecule has 1 unspecified atom stereocenters. The highest BCUT2D eigenvalue weighted by molar-refractivity contribution is 5.81. The van der Waals surface area contributed by atoms with E-state index < -0.39 is 0 Å². The molecule has 0 aliphatic heterocycles. The summed E-state index contributed by atoms with van der Waals surface area (Å²) in [5.74, 6) is 1.50. The largest absolute Gasteiger partial charge is 0.459 e. The Hall–Kier alpha value is -1.28. The summed E-state index contributed by atoms with van der Waals surface area (Å²) in [6, 6.07) is 8.73. The molecule has 2 rings (SSSR count). The number of hydrogen-bond acceptors (Lipinski definition) is 2. The van der Waals surface area contributed by atoms with Gasteiger partial charge in [0.1, 0.15) is 11.3 Å². The van der Waals surface area contributed by atoms with Gasteiger partial charge >= 0.3 is 0 Å². The molecule has 1 heterocycles. The van der Waals surface area contributed by atoms with E-state index in [1.54, 1.807) is 0 Å². The van der Waals surface area contributed by atoms with Crippen molar-refractivity contribution < 1.29 is 4.42 Å². The Kier molecular flexibility index (Phi) is 3.01. The summed E-state index contributed by atoms with van der Waals surface area (Å²) in [5, 5.41) is 4.39. The topological polar surface area (TPSA) is 25.2 Å². The smallest absolute Gasteiger partial charge is 0.137 e. The predicted molar refractivity (Wildman–Crippen MR) is 67.8 cm³/mol. The van der Waals surface area contributed by atoms with Crippen molar-refractivity contribution in [1.82, 2.24) is 5.32 Å². The fourth-order valence-corrected chi connectivity index (χ4v) is 1.92. The maximum absolute atomic E-state index is 5.95. The molecular weight excluding hydrogens is 198 g/mol. The molecule has 0 amide bonds. The minimum absolute atomic E-state index is 0.257. The summed E-state index contributed by atoms with van der Waals surface area (Å²) in [6.07, 6.45) is 0. The van der Waals surface area contributed by atoms with Crippen molar-refractivity contribution >= 4 is 11.0 Å². The van der Waals surface area contributed by atoms with Gasteiger partial charge in [-0.25, -0.2) is 0 Å². The standard InChI is InChI=1S/C14H19NO/c1-9(2)12-7-5-6-11-8-13(10(3)15-4)16-14(11)12/h5-10,15H,1-4H3. The average molecular weight is 217 g/mol. The lowest BCUT2D eigenvalue weighted by molar-refractivity contribution is 0.472. The number of fused-ring (bicyclic) bond motifs is 1. The molecule has 2 aromatic rings. The number of furan rings is 1. The Labute approximate surface area is 96.6 Å². The van der Waals surface area contributed by atoms with Crippen LogP contribution >= 0.6 is 0 Å².